The Hall–Kier alpha value is -6.43. The van der Waals surface area contributed by atoms with E-state index in [4.69, 9.17) is 16.3 Å². The van der Waals surface area contributed by atoms with Gasteiger partial charge in [-0.15, -0.1) is 11.3 Å². The van der Waals surface area contributed by atoms with Crippen molar-refractivity contribution >= 4 is 53.3 Å². The summed E-state index contributed by atoms with van der Waals surface area (Å²) < 4.78 is 41.5. The molecule has 4 nitrogen and oxygen atoms in total. The Morgan fingerprint density at radius 2 is 1.04 bits per heavy atom. The van der Waals surface area contributed by atoms with Gasteiger partial charge in [-0.25, -0.2) is 15.0 Å². The highest BCUT2D eigenvalue weighted by molar-refractivity contribution is 7.25. The summed E-state index contributed by atoms with van der Waals surface area (Å²) >= 11 is 1.70. The van der Waals surface area contributed by atoms with E-state index >= 15 is 0 Å². The molecule has 3 heterocycles. The van der Waals surface area contributed by atoms with Gasteiger partial charge >= 0.3 is 0 Å². The maximum absolute atomic E-state index is 9.78. The summed E-state index contributed by atoms with van der Waals surface area (Å²) in [5, 5.41) is 4.25. The monoisotopic (exact) mass is 660 g/mol. The second-order valence-corrected chi connectivity index (χ2v) is 13.2. The molecule has 0 fully saturated rings. The minimum Gasteiger partial charge on any atom is -0.309 e. The fraction of sp³-hybridized carbons (Fsp3) is 0. The van der Waals surface area contributed by atoms with Gasteiger partial charge in [0.25, 0.3) is 0 Å². The second kappa shape index (κ2) is 11.6. The van der Waals surface area contributed by atoms with Crippen molar-refractivity contribution in [3.63, 3.8) is 0 Å². The van der Waals surface area contributed by atoms with Crippen LogP contribution in [0.15, 0.2) is 170 Å². The number of hydrogen-bond acceptors (Lipinski definition) is 4. The molecule has 0 N–H and O–H groups in total. The number of nitrogens with zero attached hydrogens (tertiary/aromatic N) is 4. The van der Waals surface area contributed by atoms with Crippen LogP contribution in [0.1, 0.15) is 5.48 Å². The van der Waals surface area contributed by atoms with E-state index in [1.54, 1.807) is 11.3 Å². The molecule has 0 aliphatic rings. The van der Waals surface area contributed by atoms with Crippen molar-refractivity contribution in [2.45, 2.75) is 0 Å². The van der Waals surface area contributed by atoms with Gasteiger partial charge in [0.15, 0.2) is 17.5 Å². The molecule has 50 heavy (non-hydrogen) atoms. The highest BCUT2D eigenvalue weighted by atomic mass is 32.1. The predicted molar refractivity (Wildman–Crippen MR) is 209 cm³/mol. The van der Waals surface area contributed by atoms with E-state index in [1.807, 2.05) is 95.6 Å². The van der Waals surface area contributed by atoms with Crippen molar-refractivity contribution < 1.29 is 5.48 Å². The lowest BCUT2D eigenvalue weighted by Gasteiger charge is -2.12. The quantitative estimate of drug-likeness (QED) is 0.184. The first-order valence-corrected chi connectivity index (χ1v) is 17.2. The number of aromatic nitrogens is 4. The molecule has 0 radical (unpaired) electrons. The van der Waals surface area contributed by atoms with Gasteiger partial charge in [-0.1, -0.05) is 133 Å². The van der Waals surface area contributed by atoms with Crippen LogP contribution in [0.25, 0.3) is 93.0 Å². The summed E-state index contributed by atoms with van der Waals surface area (Å²) in [6, 6.07) is 47.4. The third kappa shape index (κ3) is 4.79. The molecule has 0 bridgehead atoms. The minimum atomic E-state index is -0.309. The van der Waals surface area contributed by atoms with E-state index in [-0.39, 0.29) is 41.2 Å². The van der Waals surface area contributed by atoms with Gasteiger partial charge < -0.3 is 4.57 Å². The molecular weight excluding hydrogens is 629 g/mol. The number of para-hydroxylation sites is 1. The normalized spacial score (nSPS) is 12.7. The molecule has 0 unspecified atom stereocenters. The van der Waals surface area contributed by atoms with Crippen molar-refractivity contribution in [2.24, 2.45) is 0 Å². The van der Waals surface area contributed by atoms with E-state index in [9.17, 15) is 4.11 Å². The van der Waals surface area contributed by atoms with E-state index in [0.717, 1.165) is 54.1 Å². The van der Waals surface area contributed by atoms with Gasteiger partial charge in [0.05, 0.1) is 16.5 Å². The molecule has 0 aliphatic heterocycles. The van der Waals surface area contributed by atoms with E-state index in [0.29, 0.717) is 11.6 Å². The lowest BCUT2D eigenvalue weighted by atomic mass is 10.0. The van der Waals surface area contributed by atoms with Crippen LogP contribution in [0.4, 0.5) is 0 Å². The second-order valence-electron chi connectivity index (χ2n) is 12.2. The zero-order valence-corrected chi connectivity index (χ0v) is 27.4. The van der Waals surface area contributed by atoms with Crippen molar-refractivity contribution in [2.75, 3.05) is 0 Å². The van der Waals surface area contributed by atoms with Crippen LogP contribution in [0.5, 0.6) is 0 Å². The average molecular weight is 661 g/mol. The fourth-order valence-electron chi connectivity index (χ4n) is 6.78. The summed E-state index contributed by atoms with van der Waals surface area (Å²) in [7, 11) is 0. The molecule has 10 aromatic rings. The highest BCUT2D eigenvalue weighted by Crippen LogP contribution is 2.38. The van der Waals surface area contributed by atoms with Crippen LogP contribution in [0.2, 0.25) is 0 Å². The van der Waals surface area contributed by atoms with Crippen LogP contribution in [-0.4, -0.2) is 19.5 Å². The predicted octanol–water partition coefficient (Wildman–Crippen LogP) is 12.0. The van der Waals surface area contributed by atoms with Crippen LogP contribution in [-0.2, 0) is 0 Å². The van der Waals surface area contributed by atoms with Crippen LogP contribution >= 0.6 is 11.3 Å². The van der Waals surface area contributed by atoms with Crippen LogP contribution < -0.4 is 0 Å². The van der Waals surface area contributed by atoms with Crippen molar-refractivity contribution in [3.8, 4) is 51.0 Å². The maximum Gasteiger partial charge on any atom is 0.164 e. The summed E-state index contributed by atoms with van der Waals surface area (Å²) in [5.41, 5.74) is 5.39. The van der Waals surface area contributed by atoms with Crippen LogP contribution in [0, 0.1) is 0 Å². The Labute approximate surface area is 298 Å². The minimum absolute atomic E-state index is 0.0694. The SMILES string of the molecule is [2H]c1c([2H])c(-c2nc(-c3ccccc3)nc(-c3ccc4c(c3)sc3ccccc34)n2)c([2H])c(-n2c3ccccc3c3ccc(-c4ccccc4)cc32)c1[2H]. The van der Waals surface area contributed by atoms with Gasteiger partial charge in [-0.3, -0.25) is 0 Å². The molecule has 0 atom stereocenters. The van der Waals surface area contributed by atoms with Gasteiger partial charge in [-0.05, 0) is 47.5 Å². The largest absolute Gasteiger partial charge is 0.309 e. The molecule has 0 saturated carbocycles. The third-order valence-electron chi connectivity index (χ3n) is 9.14. The Bertz CT molecular complexity index is 3100. The molecule has 5 heteroatoms. The average Bonchev–Trinajstić information content (AvgIpc) is 3.76. The summed E-state index contributed by atoms with van der Waals surface area (Å²) in [6.45, 7) is 0. The zero-order valence-electron chi connectivity index (χ0n) is 30.6. The summed E-state index contributed by atoms with van der Waals surface area (Å²) in [4.78, 5) is 14.7. The third-order valence-corrected chi connectivity index (χ3v) is 10.3. The first kappa shape index (κ1) is 24.7. The first-order chi connectivity index (χ1) is 26.4. The zero-order chi connectivity index (χ0) is 36.5. The molecule has 7 aromatic carbocycles. The smallest absolute Gasteiger partial charge is 0.164 e. The molecule has 10 rings (SSSR count). The number of rotatable bonds is 5. The molecule has 0 aliphatic carbocycles. The van der Waals surface area contributed by atoms with Gasteiger partial charge in [0.2, 0.25) is 0 Å². The van der Waals surface area contributed by atoms with E-state index in [1.165, 1.54) is 10.1 Å². The number of benzene rings is 7. The molecule has 3 aromatic heterocycles. The molecule has 234 valence electrons. The van der Waals surface area contributed by atoms with Crippen molar-refractivity contribution in [3.05, 3.63) is 170 Å². The lowest BCUT2D eigenvalue weighted by Crippen LogP contribution is -2.01. The van der Waals surface area contributed by atoms with Gasteiger partial charge in [0.1, 0.15) is 0 Å². The molecular formula is C45H28N4S. The molecule has 0 amide bonds. The van der Waals surface area contributed by atoms with E-state index in [2.05, 4.69) is 54.6 Å². The van der Waals surface area contributed by atoms with E-state index < -0.39 is 0 Å². The maximum atomic E-state index is 9.78. The molecule has 0 saturated heterocycles. The topological polar surface area (TPSA) is 43.6 Å². The Kier molecular flexibility index (Phi) is 5.73. The highest BCUT2D eigenvalue weighted by Gasteiger charge is 2.17. The van der Waals surface area contributed by atoms with Gasteiger partial charge in [0, 0.05) is 53.3 Å². The Balaban J connectivity index is 1.24. The van der Waals surface area contributed by atoms with Crippen LogP contribution in [0.3, 0.4) is 0 Å². The Morgan fingerprint density at radius 1 is 0.440 bits per heavy atom. The molecule has 0 spiro atoms. The standard InChI is InChI=1S/C45H28N4S/c1-3-12-29(13-4-1)31-22-24-36-35-18-7-9-20-39(35)49(40(36)27-31)34-17-11-16-32(26-34)44-46-43(30-14-5-2-6-15-30)47-45(48-44)33-23-25-38-37-19-8-10-21-41(37)50-42(38)28-33/h1-28H/i11D,16D,17D,26D. The first-order valence-electron chi connectivity index (χ1n) is 18.4. The number of fused-ring (bicyclic) bond motifs is 6. The number of hydrogen-bond donors (Lipinski definition) is 0. The fourth-order valence-corrected chi connectivity index (χ4v) is 7.92. The lowest BCUT2D eigenvalue weighted by molar-refractivity contribution is 1.07. The van der Waals surface area contributed by atoms with Gasteiger partial charge in [-0.2, -0.15) is 0 Å². The Morgan fingerprint density at radius 3 is 1.86 bits per heavy atom. The van der Waals surface area contributed by atoms with Crippen molar-refractivity contribution in [1.29, 1.82) is 0 Å². The summed E-state index contributed by atoms with van der Waals surface area (Å²) in [6.07, 6.45) is 0. The number of thiophene rings is 1. The van der Waals surface area contributed by atoms with Crippen molar-refractivity contribution in [1.82, 2.24) is 19.5 Å². The summed E-state index contributed by atoms with van der Waals surface area (Å²) in [5.74, 6) is 0.883.